The Morgan fingerprint density at radius 2 is 2.00 bits per heavy atom. The lowest BCUT2D eigenvalue weighted by Crippen LogP contribution is -1.20. The van der Waals surface area contributed by atoms with Crippen LogP contribution in [0.3, 0.4) is 0 Å². The van der Waals surface area contributed by atoms with Gasteiger partial charge in [-0.05, 0) is 0 Å². The molecule has 0 fully saturated rings. The van der Waals surface area contributed by atoms with Gasteiger partial charge in [0.15, 0.2) is 0 Å². The quantitative estimate of drug-likeness (QED) is 0.372. The molecule has 4 heteroatoms. The number of rotatable bonds is 1. The van der Waals surface area contributed by atoms with E-state index in [4.69, 9.17) is 8.77 Å². The second kappa shape index (κ2) is 3.25. The van der Waals surface area contributed by atoms with Crippen molar-refractivity contribution >= 4 is 18.9 Å². The maximum absolute atomic E-state index is 8.95. The monoisotopic (exact) mass is 95.9 g/mol. The molecule has 0 atom stereocenters. The number of hydrogen-bond acceptors (Lipinski definition) is 2. The Morgan fingerprint density at radius 1 is 1.75 bits per heavy atom. The highest BCUT2D eigenvalue weighted by Crippen LogP contribution is 1.78. The summed E-state index contributed by atoms with van der Waals surface area (Å²) < 4.78 is 17.9. The smallest absolute Gasteiger partial charge is 0.256 e. The second-order valence-electron chi connectivity index (χ2n) is 0.163. The highest BCUT2D eigenvalue weighted by Gasteiger charge is 1.47. The van der Waals surface area contributed by atoms with E-state index in [0.717, 1.165) is 0 Å². The highest BCUT2D eigenvalue weighted by atomic mass is 32.7. The van der Waals surface area contributed by atoms with Gasteiger partial charge < -0.3 is 0 Å². The van der Waals surface area contributed by atoms with Crippen molar-refractivity contribution in [2.75, 3.05) is 0 Å². The SMILES string of the molecule is O=P[SH]=O. The van der Waals surface area contributed by atoms with Gasteiger partial charge in [0.2, 0.25) is 0 Å². The molecule has 0 saturated carbocycles. The van der Waals surface area contributed by atoms with Gasteiger partial charge in [0.05, 0.1) is 0 Å². The zero-order valence-corrected chi connectivity index (χ0v) is 3.50. The van der Waals surface area contributed by atoms with Gasteiger partial charge in [0, 0.05) is 0 Å². The van der Waals surface area contributed by atoms with Crippen LogP contribution in [0.4, 0.5) is 0 Å². The van der Waals surface area contributed by atoms with E-state index in [-0.39, 0.29) is 18.9 Å². The van der Waals surface area contributed by atoms with E-state index in [2.05, 4.69) is 0 Å². The minimum Gasteiger partial charge on any atom is -0.260 e. The van der Waals surface area contributed by atoms with E-state index in [1.807, 2.05) is 0 Å². The normalized spacial score (nSPS) is 8.00. The van der Waals surface area contributed by atoms with Crippen LogP contribution in [0, 0.1) is 0 Å². The maximum atomic E-state index is 8.95. The molecule has 0 aliphatic rings. The first kappa shape index (κ1) is 4.25. The molecule has 0 saturated heterocycles. The molecule has 0 aromatic heterocycles. The molecule has 2 nitrogen and oxygen atoms in total. The second-order valence-corrected chi connectivity index (χ2v) is 1.47. The standard InChI is InChI=1S/HO2PS/c1-3-4-2/h4H. The molecule has 0 rings (SSSR count). The molecule has 0 bridgehead atoms. The molecule has 0 heterocycles. The van der Waals surface area contributed by atoms with Gasteiger partial charge in [-0.25, -0.2) is 0 Å². The Balaban J connectivity index is 2.73. The lowest BCUT2D eigenvalue weighted by molar-refractivity contribution is 0.604. The Labute approximate surface area is 28.6 Å². The van der Waals surface area contributed by atoms with Crippen LogP contribution < -0.4 is 0 Å². The fraction of sp³-hybridized carbons (Fsp3) is 0. The van der Waals surface area contributed by atoms with Gasteiger partial charge in [-0.3, -0.25) is 8.77 Å². The predicted octanol–water partition coefficient (Wildman–Crippen LogP) is 0.138. The van der Waals surface area contributed by atoms with Crippen molar-refractivity contribution < 1.29 is 8.77 Å². The zero-order valence-electron chi connectivity index (χ0n) is 1.71. The first-order valence-corrected chi connectivity index (χ1v) is 2.90. The molecular formula is HO2PS. The Hall–Kier alpha value is 0.250. The van der Waals surface area contributed by atoms with Crippen LogP contribution in [0.5, 0.6) is 0 Å². The van der Waals surface area contributed by atoms with E-state index in [9.17, 15) is 0 Å². The minimum absolute atomic E-state index is 0.335. The van der Waals surface area contributed by atoms with Crippen LogP contribution in [-0.4, -0.2) is 4.21 Å². The Morgan fingerprint density at radius 3 is 2.00 bits per heavy atom. The van der Waals surface area contributed by atoms with Crippen molar-refractivity contribution in [2.24, 2.45) is 0 Å². The summed E-state index contributed by atoms with van der Waals surface area (Å²) in [4.78, 5) is 0. The average Bonchev–Trinajstić information content (AvgIpc) is 1.37. The van der Waals surface area contributed by atoms with Crippen molar-refractivity contribution in [3.63, 3.8) is 0 Å². The van der Waals surface area contributed by atoms with E-state index >= 15 is 0 Å². The van der Waals surface area contributed by atoms with Crippen LogP contribution in [0.2, 0.25) is 0 Å². The van der Waals surface area contributed by atoms with E-state index in [1.165, 1.54) is 0 Å². The van der Waals surface area contributed by atoms with Crippen molar-refractivity contribution in [3.05, 3.63) is 0 Å². The summed E-state index contributed by atoms with van der Waals surface area (Å²) in [6.07, 6.45) is 0. The maximum Gasteiger partial charge on any atom is 0.256 e. The molecule has 0 aromatic rings. The Kier molecular flexibility index (Phi) is 3.45. The first-order chi connectivity index (χ1) is 1.91. The molecule has 0 aromatic carbocycles. The lowest BCUT2D eigenvalue weighted by Gasteiger charge is -1.30. The summed E-state index contributed by atoms with van der Waals surface area (Å²) in [6, 6.07) is 0. The van der Waals surface area contributed by atoms with Gasteiger partial charge >= 0.3 is 0 Å². The minimum atomic E-state index is -0.335. The molecule has 0 amide bonds. The first-order valence-electron chi connectivity index (χ1n) is 0.565. The van der Waals surface area contributed by atoms with Crippen molar-refractivity contribution in [2.45, 2.75) is 0 Å². The van der Waals surface area contributed by atoms with Gasteiger partial charge in [0.25, 0.3) is 7.66 Å². The van der Waals surface area contributed by atoms with Gasteiger partial charge in [-0.15, -0.1) is 0 Å². The van der Waals surface area contributed by atoms with Gasteiger partial charge in [-0.2, -0.15) is 0 Å². The van der Waals surface area contributed by atoms with E-state index in [0.29, 0.717) is 0 Å². The van der Waals surface area contributed by atoms with Gasteiger partial charge in [-0.1, -0.05) is 0 Å². The van der Waals surface area contributed by atoms with Crippen LogP contribution in [0.15, 0.2) is 0 Å². The largest absolute Gasteiger partial charge is 0.260 e. The topological polar surface area (TPSA) is 34.1 Å². The molecule has 0 N–H and O–H groups in total. The summed E-state index contributed by atoms with van der Waals surface area (Å²) in [5.74, 6) is 0. The Bertz CT molecular complexity index is 27.0. The molecule has 24 valence electrons. The van der Waals surface area contributed by atoms with E-state index in [1.54, 1.807) is 0 Å². The van der Waals surface area contributed by atoms with Crippen LogP contribution >= 0.6 is 7.66 Å². The zero-order chi connectivity index (χ0) is 3.41. The van der Waals surface area contributed by atoms with Crippen molar-refractivity contribution in [1.82, 2.24) is 0 Å². The molecule has 0 unspecified atom stereocenters. The summed E-state index contributed by atoms with van der Waals surface area (Å²) in [5.41, 5.74) is 0. The van der Waals surface area contributed by atoms with Crippen molar-refractivity contribution in [3.8, 4) is 0 Å². The third-order valence-electron chi connectivity index (χ3n) is 0.0333. The molecule has 0 aliphatic carbocycles. The summed E-state index contributed by atoms with van der Waals surface area (Å²) in [5, 5.41) is 0. The highest BCUT2D eigenvalue weighted by molar-refractivity contribution is 8.23. The third kappa shape index (κ3) is 2.25. The lowest BCUT2D eigenvalue weighted by atomic mass is 16.0. The average molecular weight is 96.0 g/mol. The summed E-state index contributed by atoms with van der Waals surface area (Å²) in [6.45, 7) is 0. The van der Waals surface area contributed by atoms with Crippen LogP contribution in [0.1, 0.15) is 0 Å². The third-order valence-corrected chi connectivity index (χ3v) is 0.300. The van der Waals surface area contributed by atoms with Crippen LogP contribution in [-0.2, 0) is 15.9 Å². The van der Waals surface area contributed by atoms with E-state index < -0.39 is 0 Å². The molecule has 0 spiro atoms. The fourth-order valence-electron chi connectivity index (χ4n) is 0. The van der Waals surface area contributed by atoms with Crippen molar-refractivity contribution in [1.29, 1.82) is 0 Å². The molecule has 0 aliphatic heterocycles. The summed E-state index contributed by atoms with van der Waals surface area (Å²) >= 11 is -0.335. The van der Waals surface area contributed by atoms with Crippen LogP contribution in [0.25, 0.3) is 0 Å². The summed E-state index contributed by atoms with van der Waals surface area (Å²) in [7, 11) is -0.335. The molecular weight excluding hydrogens is 95.0 g/mol. The van der Waals surface area contributed by atoms with Gasteiger partial charge in [0.1, 0.15) is 11.3 Å². The predicted molar refractivity (Wildman–Crippen MR) is 17.1 cm³/mol. The number of thiol groups is 1. The molecule has 0 radical (unpaired) electrons. The fourth-order valence-corrected chi connectivity index (χ4v) is 0. The number of hydrogen-bond donors (Lipinski definition) is 1. The molecule has 4 heavy (non-hydrogen) atoms.